The fourth-order valence-electron chi connectivity index (χ4n) is 2.88. The topological polar surface area (TPSA) is 42.4 Å². The third kappa shape index (κ3) is 2.16. The molecule has 2 unspecified atom stereocenters. The smallest absolute Gasteiger partial charge is 0.133 e. The van der Waals surface area contributed by atoms with E-state index in [0.717, 1.165) is 34.2 Å². The molecule has 3 nitrogen and oxygen atoms in total. The molecule has 21 heavy (non-hydrogen) atoms. The molecule has 0 radical (unpaired) electrons. The first kappa shape index (κ1) is 12.4. The first-order chi connectivity index (χ1) is 10.3. The molecule has 0 saturated carbocycles. The lowest BCUT2D eigenvalue weighted by Crippen LogP contribution is -2.23. The van der Waals surface area contributed by atoms with Crippen LogP contribution in [0.5, 0.6) is 5.75 Å². The Morgan fingerprint density at radius 1 is 1.10 bits per heavy atom. The molecule has 3 heteroatoms. The average Bonchev–Trinajstić information content (AvgIpc) is 2.97. The lowest BCUT2D eigenvalue weighted by molar-refractivity contribution is 0.0493. The van der Waals surface area contributed by atoms with E-state index >= 15 is 0 Å². The molecule has 1 aromatic heterocycles. The van der Waals surface area contributed by atoms with Crippen LogP contribution < -0.4 is 4.74 Å². The summed E-state index contributed by atoms with van der Waals surface area (Å²) in [6.07, 6.45) is 1.65. The Morgan fingerprint density at radius 2 is 2.00 bits per heavy atom. The van der Waals surface area contributed by atoms with E-state index in [9.17, 15) is 5.11 Å². The number of pyridine rings is 1. The lowest BCUT2D eigenvalue weighted by Gasteiger charge is -2.18. The molecule has 1 aliphatic heterocycles. The third-order valence-corrected chi connectivity index (χ3v) is 3.99. The van der Waals surface area contributed by atoms with Gasteiger partial charge in [0.2, 0.25) is 0 Å². The number of ether oxygens (including phenoxy) is 1. The number of fused-ring (bicyclic) bond motifs is 2. The van der Waals surface area contributed by atoms with E-state index < -0.39 is 6.10 Å². The summed E-state index contributed by atoms with van der Waals surface area (Å²) in [5, 5.41) is 11.6. The van der Waals surface area contributed by atoms with Gasteiger partial charge in [-0.05, 0) is 35.4 Å². The number of rotatable bonds is 2. The quantitative estimate of drug-likeness (QED) is 0.781. The van der Waals surface area contributed by atoms with Crippen molar-refractivity contribution >= 4 is 10.9 Å². The number of aliphatic hydroxyl groups excluding tert-OH is 1. The fraction of sp³-hybridized carbons (Fsp3) is 0.167. The van der Waals surface area contributed by atoms with Gasteiger partial charge >= 0.3 is 0 Å². The van der Waals surface area contributed by atoms with Gasteiger partial charge in [-0.15, -0.1) is 0 Å². The predicted octanol–water partition coefficient (Wildman–Crippen LogP) is 3.27. The number of hydrogen-bond acceptors (Lipinski definition) is 3. The molecule has 2 heterocycles. The van der Waals surface area contributed by atoms with Gasteiger partial charge in [0.25, 0.3) is 0 Å². The fourth-order valence-corrected chi connectivity index (χ4v) is 2.88. The number of hydrogen-bond donors (Lipinski definition) is 1. The summed E-state index contributed by atoms with van der Waals surface area (Å²) < 4.78 is 5.87. The van der Waals surface area contributed by atoms with Crippen molar-refractivity contribution < 1.29 is 9.84 Å². The summed E-state index contributed by atoms with van der Waals surface area (Å²) in [5.74, 6) is 0.879. The molecule has 2 aromatic carbocycles. The van der Waals surface area contributed by atoms with Crippen molar-refractivity contribution in [3.8, 4) is 5.75 Å². The SMILES string of the molecule is OC(c1ccc2ncccc2c1)C1Cc2ccccc2O1. The van der Waals surface area contributed by atoms with Gasteiger partial charge in [-0.25, -0.2) is 0 Å². The largest absolute Gasteiger partial charge is 0.487 e. The Bertz CT molecular complexity index is 775. The van der Waals surface area contributed by atoms with Crippen LogP contribution in [0.3, 0.4) is 0 Å². The molecule has 0 saturated heterocycles. The van der Waals surface area contributed by atoms with Crippen LogP contribution in [0.25, 0.3) is 10.9 Å². The van der Waals surface area contributed by atoms with E-state index in [1.165, 1.54) is 0 Å². The van der Waals surface area contributed by atoms with Gasteiger partial charge in [-0.2, -0.15) is 0 Å². The Labute approximate surface area is 122 Å². The van der Waals surface area contributed by atoms with Crippen LogP contribution >= 0.6 is 0 Å². The summed E-state index contributed by atoms with van der Waals surface area (Å²) in [4.78, 5) is 4.30. The molecule has 1 N–H and O–H groups in total. The average molecular weight is 277 g/mol. The Kier molecular flexibility index (Phi) is 2.86. The molecular formula is C18H15NO2. The minimum atomic E-state index is -0.637. The maximum absolute atomic E-state index is 10.6. The van der Waals surface area contributed by atoms with E-state index in [1.54, 1.807) is 6.20 Å². The maximum atomic E-state index is 10.6. The highest BCUT2D eigenvalue weighted by molar-refractivity contribution is 5.79. The minimum absolute atomic E-state index is 0.225. The number of benzene rings is 2. The molecule has 0 fully saturated rings. The molecule has 0 bridgehead atoms. The molecule has 4 rings (SSSR count). The van der Waals surface area contributed by atoms with Gasteiger partial charge in [-0.1, -0.05) is 30.3 Å². The Hall–Kier alpha value is -2.39. The van der Waals surface area contributed by atoms with Crippen LogP contribution in [0.2, 0.25) is 0 Å². The zero-order valence-electron chi connectivity index (χ0n) is 11.4. The Morgan fingerprint density at radius 3 is 2.90 bits per heavy atom. The molecule has 0 spiro atoms. The monoisotopic (exact) mass is 277 g/mol. The summed E-state index contributed by atoms with van der Waals surface area (Å²) in [7, 11) is 0. The van der Waals surface area contributed by atoms with Crippen LogP contribution in [0.1, 0.15) is 17.2 Å². The summed E-state index contributed by atoms with van der Waals surface area (Å²) >= 11 is 0. The maximum Gasteiger partial charge on any atom is 0.133 e. The van der Waals surface area contributed by atoms with Crippen LogP contribution in [-0.2, 0) is 6.42 Å². The van der Waals surface area contributed by atoms with Crippen molar-refractivity contribution in [2.45, 2.75) is 18.6 Å². The second-order valence-electron chi connectivity index (χ2n) is 5.37. The van der Waals surface area contributed by atoms with Gasteiger partial charge in [0.15, 0.2) is 0 Å². The van der Waals surface area contributed by atoms with Gasteiger partial charge in [0.05, 0.1) is 5.52 Å². The van der Waals surface area contributed by atoms with E-state index in [0.29, 0.717) is 0 Å². The molecule has 0 amide bonds. The summed E-state index contributed by atoms with van der Waals surface area (Å²) in [6, 6.07) is 17.7. The highest BCUT2D eigenvalue weighted by Gasteiger charge is 2.29. The minimum Gasteiger partial charge on any atom is -0.487 e. The molecule has 2 atom stereocenters. The zero-order chi connectivity index (χ0) is 14.2. The number of aliphatic hydroxyl groups is 1. The first-order valence-corrected chi connectivity index (χ1v) is 7.08. The third-order valence-electron chi connectivity index (χ3n) is 3.99. The molecular weight excluding hydrogens is 262 g/mol. The molecule has 0 aliphatic carbocycles. The van der Waals surface area contributed by atoms with Crippen LogP contribution in [-0.4, -0.2) is 16.2 Å². The highest BCUT2D eigenvalue weighted by atomic mass is 16.5. The van der Waals surface area contributed by atoms with Crippen molar-refractivity contribution in [3.63, 3.8) is 0 Å². The van der Waals surface area contributed by atoms with Crippen molar-refractivity contribution in [2.24, 2.45) is 0 Å². The van der Waals surface area contributed by atoms with E-state index in [-0.39, 0.29) is 6.10 Å². The van der Waals surface area contributed by atoms with Crippen LogP contribution in [0.15, 0.2) is 60.8 Å². The number of aromatic nitrogens is 1. The first-order valence-electron chi connectivity index (χ1n) is 7.08. The van der Waals surface area contributed by atoms with E-state index in [1.807, 2.05) is 54.6 Å². The van der Waals surface area contributed by atoms with Gasteiger partial charge in [-0.3, -0.25) is 4.98 Å². The van der Waals surface area contributed by atoms with Crippen molar-refractivity contribution in [2.75, 3.05) is 0 Å². The molecule has 3 aromatic rings. The van der Waals surface area contributed by atoms with Crippen LogP contribution in [0.4, 0.5) is 0 Å². The van der Waals surface area contributed by atoms with Gasteiger partial charge in [0, 0.05) is 18.0 Å². The molecule has 1 aliphatic rings. The second-order valence-corrected chi connectivity index (χ2v) is 5.37. The summed E-state index contributed by atoms with van der Waals surface area (Å²) in [5.41, 5.74) is 2.96. The lowest BCUT2D eigenvalue weighted by atomic mass is 9.99. The van der Waals surface area contributed by atoms with E-state index in [4.69, 9.17) is 4.74 Å². The second kappa shape index (κ2) is 4.86. The predicted molar refractivity (Wildman–Crippen MR) is 81.3 cm³/mol. The van der Waals surface area contributed by atoms with Gasteiger partial charge in [0.1, 0.15) is 18.0 Å². The molecule has 104 valence electrons. The highest BCUT2D eigenvalue weighted by Crippen LogP contribution is 2.34. The number of para-hydroxylation sites is 1. The summed E-state index contributed by atoms with van der Waals surface area (Å²) in [6.45, 7) is 0. The van der Waals surface area contributed by atoms with Crippen molar-refractivity contribution in [3.05, 3.63) is 71.9 Å². The van der Waals surface area contributed by atoms with Crippen LogP contribution in [0, 0.1) is 0 Å². The zero-order valence-corrected chi connectivity index (χ0v) is 11.4. The standard InChI is InChI=1S/C18H15NO2/c20-18(17-11-13-4-1-2-6-16(13)21-17)14-7-8-15-12(10-14)5-3-9-19-15/h1-10,17-18,20H,11H2. The van der Waals surface area contributed by atoms with Gasteiger partial charge < -0.3 is 9.84 Å². The van der Waals surface area contributed by atoms with Crippen molar-refractivity contribution in [1.29, 1.82) is 0 Å². The normalized spacial score (nSPS) is 18.2. The number of nitrogens with zero attached hydrogens (tertiary/aromatic N) is 1. The Balaban J connectivity index is 1.64. The van der Waals surface area contributed by atoms with Crippen molar-refractivity contribution in [1.82, 2.24) is 4.98 Å². The van der Waals surface area contributed by atoms with E-state index in [2.05, 4.69) is 4.98 Å².